The average Bonchev–Trinajstić information content (AvgIpc) is 2.53. The summed E-state index contributed by atoms with van der Waals surface area (Å²) in [7, 11) is 4.10. The Kier molecular flexibility index (Phi) is 9.73. The van der Waals surface area contributed by atoms with Crippen molar-refractivity contribution in [3.8, 4) is 0 Å². The molecule has 0 saturated carbocycles. The molecule has 5 nitrogen and oxygen atoms in total. The van der Waals surface area contributed by atoms with Crippen LogP contribution in [0.2, 0.25) is 0 Å². The number of amides is 1. The van der Waals surface area contributed by atoms with Gasteiger partial charge in [-0.25, -0.2) is 0 Å². The van der Waals surface area contributed by atoms with Crippen LogP contribution in [-0.4, -0.2) is 50.2 Å². The molecular formula is C16H27Cl2N3O2. The Bertz CT molecular complexity index is 466. The minimum Gasteiger partial charge on any atom is -0.381 e. The summed E-state index contributed by atoms with van der Waals surface area (Å²) in [6.07, 6.45) is 1.84. The zero-order chi connectivity index (χ0) is 15.3. The lowest BCUT2D eigenvalue weighted by Crippen LogP contribution is -2.56. The van der Waals surface area contributed by atoms with Crippen LogP contribution in [0.1, 0.15) is 24.4 Å². The molecule has 0 radical (unpaired) electrons. The van der Waals surface area contributed by atoms with E-state index in [1.165, 1.54) is 0 Å². The number of hydrogen-bond donors (Lipinski definition) is 2. The zero-order valence-electron chi connectivity index (χ0n) is 13.7. The second-order valence-electron chi connectivity index (χ2n) is 5.84. The third kappa shape index (κ3) is 5.62. The number of carbonyl (C=O) groups is 1. The average molecular weight is 364 g/mol. The summed E-state index contributed by atoms with van der Waals surface area (Å²) in [5, 5.41) is 3.01. The van der Waals surface area contributed by atoms with Crippen molar-refractivity contribution in [2.24, 2.45) is 5.73 Å². The Morgan fingerprint density at radius 1 is 1.26 bits per heavy atom. The summed E-state index contributed by atoms with van der Waals surface area (Å²) in [5.41, 5.74) is 6.82. The van der Waals surface area contributed by atoms with E-state index in [0.29, 0.717) is 6.54 Å². The van der Waals surface area contributed by atoms with Gasteiger partial charge in [-0.2, -0.15) is 0 Å². The fraction of sp³-hybridized carbons (Fsp3) is 0.562. The first kappa shape index (κ1) is 22.1. The number of halogens is 2. The molecule has 1 unspecified atom stereocenters. The predicted octanol–water partition coefficient (Wildman–Crippen LogP) is 1.76. The van der Waals surface area contributed by atoms with Gasteiger partial charge in [0, 0.05) is 25.3 Å². The Labute approximate surface area is 150 Å². The number of nitrogens with two attached hydrogens (primary N) is 1. The first-order valence-corrected chi connectivity index (χ1v) is 7.39. The molecule has 7 heteroatoms. The number of hydrogen-bond acceptors (Lipinski definition) is 4. The maximum absolute atomic E-state index is 12.3. The molecule has 132 valence electrons. The number of nitrogens with zero attached hydrogens (tertiary/aromatic N) is 1. The minimum atomic E-state index is -0.620. The van der Waals surface area contributed by atoms with E-state index in [1.807, 2.05) is 30.3 Å². The van der Waals surface area contributed by atoms with Crippen LogP contribution >= 0.6 is 24.8 Å². The van der Waals surface area contributed by atoms with Gasteiger partial charge in [-0.15, -0.1) is 24.8 Å². The van der Waals surface area contributed by atoms with Gasteiger partial charge in [0.15, 0.2) is 0 Å². The zero-order valence-corrected chi connectivity index (χ0v) is 15.3. The van der Waals surface area contributed by atoms with Crippen LogP contribution in [0.3, 0.4) is 0 Å². The van der Waals surface area contributed by atoms with Crippen molar-refractivity contribution in [3.05, 3.63) is 35.9 Å². The van der Waals surface area contributed by atoms with Crippen molar-refractivity contribution in [2.45, 2.75) is 24.4 Å². The van der Waals surface area contributed by atoms with E-state index >= 15 is 0 Å². The van der Waals surface area contributed by atoms with Crippen LogP contribution in [0.25, 0.3) is 0 Å². The molecule has 1 saturated heterocycles. The van der Waals surface area contributed by atoms with Gasteiger partial charge in [0.05, 0.1) is 0 Å². The number of benzene rings is 1. The van der Waals surface area contributed by atoms with Crippen LogP contribution in [0.5, 0.6) is 0 Å². The molecule has 0 aromatic heterocycles. The molecule has 23 heavy (non-hydrogen) atoms. The lowest BCUT2D eigenvalue weighted by molar-refractivity contribution is -0.123. The Hall–Kier alpha value is -0.850. The molecule has 0 bridgehead atoms. The summed E-state index contributed by atoms with van der Waals surface area (Å²) in [6, 6.07) is 8.83. The number of carbonyl (C=O) groups excluding carboxylic acids is 1. The number of likely N-dealkylation sites (N-methyl/N-ethyl adjacent to an activating group) is 1. The van der Waals surface area contributed by atoms with E-state index in [9.17, 15) is 4.79 Å². The molecule has 2 rings (SSSR count). The van der Waals surface area contributed by atoms with Crippen molar-refractivity contribution < 1.29 is 9.53 Å². The number of ether oxygens (including phenoxy) is 1. The highest BCUT2D eigenvalue weighted by Gasteiger charge is 2.35. The molecule has 1 heterocycles. The SMILES string of the molecule is CN(C)C1(CNC(=O)C(N)c2ccccc2)CCOCC1.Cl.Cl. The summed E-state index contributed by atoms with van der Waals surface area (Å²) >= 11 is 0. The van der Waals surface area contributed by atoms with Crippen molar-refractivity contribution >= 4 is 30.7 Å². The quantitative estimate of drug-likeness (QED) is 0.836. The summed E-state index contributed by atoms with van der Waals surface area (Å²) in [5.74, 6) is -0.131. The van der Waals surface area contributed by atoms with E-state index in [1.54, 1.807) is 0 Å². The molecule has 1 aromatic carbocycles. The van der Waals surface area contributed by atoms with Crippen LogP contribution in [0.15, 0.2) is 30.3 Å². The van der Waals surface area contributed by atoms with Gasteiger partial charge in [0.25, 0.3) is 0 Å². The van der Waals surface area contributed by atoms with Gasteiger partial charge in [-0.1, -0.05) is 30.3 Å². The maximum Gasteiger partial charge on any atom is 0.241 e. The van der Waals surface area contributed by atoms with Crippen molar-refractivity contribution in [2.75, 3.05) is 33.9 Å². The lowest BCUT2D eigenvalue weighted by Gasteiger charge is -2.43. The second kappa shape index (κ2) is 10.1. The van der Waals surface area contributed by atoms with Gasteiger partial charge in [0.1, 0.15) is 6.04 Å². The third-order valence-corrected chi connectivity index (χ3v) is 4.41. The molecule has 0 spiro atoms. The molecule has 0 aliphatic carbocycles. The van der Waals surface area contributed by atoms with E-state index < -0.39 is 6.04 Å². The molecule has 1 aliphatic rings. The van der Waals surface area contributed by atoms with Gasteiger partial charge < -0.3 is 20.7 Å². The Morgan fingerprint density at radius 2 is 1.83 bits per heavy atom. The number of rotatable bonds is 5. The van der Waals surface area contributed by atoms with E-state index in [0.717, 1.165) is 31.6 Å². The van der Waals surface area contributed by atoms with Crippen molar-refractivity contribution in [1.82, 2.24) is 10.2 Å². The topological polar surface area (TPSA) is 67.6 Å². The van der Waals surface area contributed by atoms with E-state index in [4.69, 9.17) is 10.5 Å². The van der Waals surface area contributed by atoms with Gasteiger partial charge >= 0.3 is 0 Å². The van der Waals surface area contributed by atoms with Gasteiger partial charge in [-0.05, 0) is 32.5 Å². The summed E-state index contributed by atoms with van der Waals surface area (Å²) < 4.78 is 5.43. The van der Waals surface area contributed by atoms with Crippen LogP contribution in [0, 0.1) is 0 Å². The highest BCUT2D eigenvalue weighted by molar-refractivity contribution is 5.85. The van der Waals surface area contributed by atoms with Crippen LogP contribution in [-0.2, 0) is 9.53 Å². The number of nitrogens with one attached hydrogen (secondary N) is 1. The largest absolute Gasteiger partial charge is 0.381 e. The highest BCUT2D eigenvalue weighted by atomic mass is 35.5. The summed E-state index contributed by atoms with van der Waals surface area (Å²) in [4.78, 5) is 14.4. The Morgan fingerprint density at radius 3 is 2.35 bits per heavy atom. The molecule has 1 amide bonds. The molecule has 1 atom stereocenters. The van der Waals surface area contributed by atoms with Gasteiger partial charge in [-0.3, -0.25) is 4.79 Å². The van der Waals surface area contributed by atoms with E-state index in [-0.39, 0.29) is 36.3 Å². The predicted molar refractivity (Wildman–Crippen MR) is 97.3 cm³/mol. The first-order valence-electron chi connectivity index (χ1n) is 7.39. The first-order chi connectivity index (χ1) is 10.1. The second-order valence-corrected chi connectivity index (χ2v) is 5.84. The molecule has 1 aromatic rings. The van der Waals surface area contributed by atoms with Crippen molar-refractivity contribution in [1.29, 1.82) is 0 Å². The monoisotopic (exact) mass is 363 g/mol. The Balaban J connectivity index is 0.00000242. The molecule has 3 N–H and O–H groups in total. The van der Waals surface area contributed by atoms with E-state index in [2.05, 4.69) is 24.3 Å². The van der Waals surface area contributed by atoms with Gasteiger partial charge in [0.2, 0.25) is 5.91 Å². The van der Waals surface area contributed by atoms with Crippen LogP contribution in [0.4, 0.5) is 0 Å². The molecular weight excluding hydrogens is 337 g/mol. The standard InChI is InChI=1S/C16H25N3O2.2ClH/c1-19(2)16(8-10-21-11-9-16)12-18-15(20)14(17)13-6-4-3-5-7-13;;/h3-7,14H,8-12,17H2,1-2H3,(H,18,20);2*1H. The smallest absolute Gasteiger partial charge is 0.241 e. The fourth-order valence-corrected chi connectivity index (χ4v) is 2.71. The van der Waals surface area contributed by atoms with Crippen molar-refractivity contribution in [3.63, 3.8) is 0 Å². The molecule has 1 aliphatic heterocycles. The van der Waals surface area contributed by atoms with Crippen LogP contribution < -0.4 is 11.1 Å². The normalized spacial score (nSPS) is 17.6. The molecule has 1 fully saturated rings. The lowest BCUT2D eigenvalue weighted by atomic mass is 9.88. The minimum absolute atomic E-state index is 0. The summed E-state index contributed by atoms with van der Waals surface area (Å²) in [6.45, 7) is 2.07. The fourth-order valence-electron chi connectivity index (χ4n) is 2.71. The maximum atomic E-state index is 12.3. The third-order valence-electron chi connectivity index (χ3n) is 4.41. The highest BCUT2D eigenvalue weighted by Crippen LogP contribution is 2.25.